The van der Waals surface area contributed by atoms with Crippen LogP contribution in [0, 0.1) is 0 Å². The SMILES string of the molecule is CCn1cc(CC(=O)N2CCC(OCc3ccccc3)CC2)c2ccccc21.O=C(O)CC(O)(CC(=O)O)C(=O)O. The molecule has 41 heavy (non-hydrogen) atoms. The van der Waals surface area contributed by atoms with Crippen LogP contribution in [0.4, 0.5) is 0 Å². The molecule has 1 saturated heterocycles. The number of aliphatic carboxylic acids is 3. The molecular weight excluding hydrogens is 532 g/mol. The number of benzene rings is 2. The van der Waals surface area contributed by atoms with Gasteiger partial charge in [0.15, 0.2) is 5.60 Å². The van der Waals surface area contributed by atoms with Crippen molar-refractivity contribution < 1.29 is 44.3 Å². The summed E-state index contributed by atoms with van der Waals surface area (Å²) in [5.41, 5.74) is 0.802. The topological polar surface area (TPSA) is 167 Å². The summed E-state index contributed by atoms with van der Waals surface area (Å²) in [6.07, 6.45) is 2.39. The number of fused-ring (bicyclic) bond motifs is 1. The van der Waals surface area contributed by atoms with E-state index in [0.717, 1.165) is 38.0 Å². The Morgan fingerprint density at radius 2 is 1.49 bits per heavy atom. The highest BCUT2D eigenvalue weighted by molar-refractivity contribution is 5.89. The van der Waals surface area contributed by atoms with Crippen LogP contribution in [0.25, 0.3) is 10.9 Å². The van der Waals surface area contributed by atoms with Gasteiger partial charge in [-0.05, 0) is 37.0 Å². The predicted octanol–water partition coefficient (Wildman–Crippen LogP) is 3.16. The second-order valence-electron chi connectivity index (χ2n) is 9.99. The molecule has 0 spiro atoms. The fourth-order valence-corrected chi connectivity index (χ4v) is 4.77. The summed E-state index contributed by atoms with van der Waals surface area (Å²) >= 11 is 0. The van der Waals surface area contributed by atoms with E-state index in [0.29, 0.717) is 13.0 Å². The second-order valence-corrected chi connectivity index (χ2v) is 9.99. The number of hydrogen-bond donors (Lipinski definition) is 4. The van der Waals surface area contributed by atoms with E-state index < -0.39 is 36.4 Å². The number of aliphatic hydroxyl groups is 1. The lowest BCUT2D eigenvalue weighted by atomic mass is 9.96. The number of aromatic nitrogens is 1. The molecule has 1 aliphatic heterocycles. The average molecular weight is 569 g/mol. The zero-order valence-electron chi connectivity index (χ0n) is 22.9. The number of piperidine rings is 1. The third-order valence-corrected chi connectivity index (χ3v) is 6.96. The van der Waals surface area contributed by atoms with Gasteiger partial charge in [0.25, 0.3) is 0 Å². The highest BCUT2D eigenvalue weighted by atomic mass is 16.5. The summed E-state index contributed by atoms with van der Waals surface area (Å²) < 4.78 is 8.27. The summed E-state index contributed by atoms with van der Waals surface area (Å²) in [5, 5.41) is 35.0. The Morgan fingerprint density at radius 3 is 2.05 bits per heavy atom. The van der Waals surface area contributed by atoms with Crippen molar-refractivity contribution in [1.29, 1.82) is 0 Å². The number of amides is 1. The van der Waals surface area contributed by atoms with Crippen molar-refractivity contribution >= 4 is 34.7 Å². The maximum atomic E-state index is 12.9. The van der Waals surface area contributed by atoms with Crippen molar-refractivity contribution in [2.24, 2.45) is 0 Å². The highest BCUT2D eigenvalue weighted by Crippen LogP contribution is 2.23. The maximum absolute atomic E-state index is 12.9. The molecule has 2 heterocycles. The van der Waals surface area contributed by atoms with Crippen molar-refractivity contribution in [3.05, 3.63) is 71.9 Å². The average Bonchev–Trinajstić information content (AvgIpc) is 3.29. The molecule has 2 aromatic carbocycles. The van der Waals surface area contributed by atoms with Crippen LogP contribution in [0.3, 0.4) is 0 Å². The molecule has 0 unspecified atom stereocenters. The minimum atomic E-state index is -2.74. The Bertz CT molecular complexity index is 1330. The third-order valence-electron chi connectivity index (χ3n) is 6.96. The van der Waals surface area contributed by atoms with Crippen molar-refractivity contribution in [2.45, 2.75) is 63.9 Å². The summed E-state index contributed by atoms with van der Waals surface area (Å²) in [6, 6.07) is 18.6. The lowest BCUT2D eigenvalue weighted by Crippen LogP contribution is -2.42. The number of likely N-dealkylation sites (tertiary alicyclic amines) is 1. The van der Waals surface area contributed by atoms with Crippen LogP contribution in [-0.2, 0) is 43.5 Å². The lowest BCUT2D eigenvalue weighted by Gasteiger charge is -2.32. The lowest BCUT2D eigenvalue weighted by molar-refractivity contribution is -0.170. The Labute approximate surface area is 237 Å². The van der Waals surface area contributed by atoms with Gasteiger partial charge in [0, 0.05) is 36.7 Å². The van der Waals surface area contributed by atoms with E-state index in [4.69, 9.17) is 25.2 Å². The molecule has 4 rings (SSSR count). The van der Waals surface area contributed by atoms with E-state index in [2.05, 4.69) is 48.0 Å². The molecule has 1 aliphatic rings. The fourth-order valence-electron chi connectivity index (χ4n) is 4.77. The smallest absolute Gasteiger partial charge is 0.336 e. The van der Waals surface area contributed by atoms with Crippen LogP contribution in [0.2, 0.25) is 0 Å². The number of carbonyl (C=O) groups excluding carboxylic acids is 1. The Balaban J connectivity index is 0.000000302. The molecule has 11 heteroatoms. The zero-order chi connectivity index (χ0) is 30.0. The second kappa shape index (κ2) is 14.4. The molecule has 0 saturated carbocycles. The Morgan fingerprint density at radius 1 is 0.902 bits per heavy atom. The summed E-state index contributed by atoms with van der Waals surface area (Å²) in [5.74, 6) is -4.80. The molecule has 1 fully saturated rings. The van der Waals surface area contributed by atoms with Gasteiger partial charge in [0.1, 0.15) is 0 Å². The number of ether oxygens (including phenoxy) is 1. The predicted molar refractivity (Wildman–Crippen MR) is 149 cm³/mol. The number of carboxylic acids is 3. The van der Waals surface area contributed by atoms with Crippen molar-refractivity contribution in [3.8, 4) is 0 Å². The van der Waals surface area contributed by atoms with E-state index in [-0.39, 0.29) is 12.0 Å². The number of rotatable bonds is 11. The standard InChI is InChI=1S/C24H28N2O2.C6H8O7/c1-2-25-17-20(22-10-6-7-11-23(22)25)16-24(27)26-14-12-21(13-15-26)28-18-19-8-4-3-5-9-19;7-3(8)1-6(13,5(11)12)2-4(9)10/h3-11,17,21H,2,12-16,18H2,1H3;13H,1-2H2,(H,7,8)(H,9,10)(H,11,12). The number of para-hydroxylation sites is 1. The summed E-state index contributed by atoms with van der Waals surface area (Å²) in [7, 11) is 0. The van der Waals surface area contributed by atoms with Gasteiger partial charge in [-0.15, -0.1) is 0 Å². The van der Waals surface area contributed by atoms with Gasteiger partial charge >= 0.3 is 17.9 Å². The Hall–Kier alpha value is -4.22. The molecular formula is C30H36N2O9. The number of hydrogen-bond acceptors (Lipinski definition) is 6. The van der Waals surface area contributed by atoms with E-state index in [1.807, 2.05) is 29.2 Å². The number of carboxylic acid groups (broad SMARTS) is 3. The molecule has 1 amide bonds. The van der Waals surface area contributed by atoms with Gasteiger partial charge in [-0.1, -0.05) is 48.5 Å². The number of nitrogens with zero attached hydrogens (tertiary/aromatic N) is 2. The van der Waals surface area contributed by atoms with E-state index in [1.54, 1.807) is 0 Å². The first-order valence-electron chi connectivity index (χ1n) is 13.4. The molecule has 4 N–H and O–H groups in total. The van der Waals surface area contributed by atoms with Gasteiger partial charge in [-0.2, -0.15) is 0 Å². The van der Waals surface area contributed by atoms with Gasteiger partial charge in [-0.3, -0.25) is 14.4 Å². The van der Waals surface area contributed by atoms with Gasteiger partial charge in [0.05, 0.1) is 32.0 Å². The molecule has 0 atom stereocenters. The van der Waals surface area contributed by atoms with Crippen LogP contribution < -0.4 is 0 Å². The normalized spacial score (nSPS) is 13.9. The van der Waals surface area contributed by atoms with E-state index >= 15 is 0 Å². The van der Waals surface area contributed by atoms with Crippen molar-refractivity contribution in [3.63, 3.8) is 0 Å². The molecule has 220 valence electrons. The molecule has 0 bridgehead atoms. The van der Waals surface area contributed by atoms with Crippen LogP contribution in [0.5, 0.6) is 0 Å². The number of aryl methyl sites for hydroxylation is 1. The first kappa shape index (κ1) is 31.3. The van der Waals surface area contributed by atoms with E-state index in [9.17, 15) is 19.2 Å². The summed E-state index contributed by atoms with van der Waals surface area (Å²) in [6.45, 7) is 5.27. The van der Waals surface area contributed by atoms with Crippen LogP contribution >= 0.6 is 0 Å². The van der Waals surface area contributed by atoms with Crippen molar-refractivity contribution in [2.75, 3.05) is 13.1 Å². The molecule has 1 aromatic heterocycles. The Kier molecular flexibility index (Phi) is 11.0. The minimum absolute atomic E-state index is 0.223. The molecule has 3 aromatic rings. The minimum Gasteiger partial charge on any atom is -0.481 e. The maximum Gasteiger partial charge on any atom is 0.336 e. The van der Waals surface area contributed by atoms with E-state index in [1.165, 1.54) is 16.5 Å². The van der Waals surface area contributed by atoms with Crippen LogP contribution in [0.15, 0.2) is 60.8 Å². The van der Waals surface area contributed by atoms with Crippen LogP contribution in [0.1, 0.15) is 43.7 Å². The zero-order valence-corrected chi connectivity index (χ0v) is 22.9. The monoisotopic (exact) mass is 568 g/mol. The number of carbonyl (C=O) groups is 4. The van der Waals surface area contributed by atoms with Gasteiger partial charge < -0.3 is 34.6 Å². The molecule has 0 aliphatic carbocycles. The highest BCUT2D eigenvalue weighted by Gasteiger charge is 2.40. The molecule has 0 radical (unpaired) electrons. The van der Waals surface area contributed by atoms with Crippen LogP contribution in [-0.4, -0.2) is 78.5 Å². The third kappa shape index (κ3) is 8.89. The quantitative estimate of drug-likeness (QED) is 0.272. The van der Waals surface area contributed by atoms with Crippen molar-refractivity contribution in [1.82, 2.24) is 9.47 Å². The van der Waals surface area contributed by atoms with Gasteiger partial charge in [-0.25, -0.2) is 4.79 Å². The first-order valence-corrected chi connectivity index (χ1v) is 13.4. The van der Waals surface area contributed by atoms with Gasteiger partial charge in [0.2, 0.25) is 5.91 Å². The fraction of sp³-hybridized carbons (Fsp3) is 0.400. The molecule has 11 nitrogen and oxygen atoms in total. The largest absolute Gasteiger partial charge is 0.481 e. The first-order chi connectivity index (χ1) is 19.5. The summed E-state index contributed by atoms with van der Waals surface area (Å²) in [4.78, 5) is 45.4.